The molecule has 3 aromatic carbocycles. The first-order valence-electron chi connectivity index (χ1n) is 12.1. The molecule has 0 bridgehead atoms. The molecule has 2 amide bonds. The van der Waals surface area contributed by atoms with Crippen molar-refractivity contribution in [3.63, 3.8) is 0 Å². The summed E-state index contributed by atoms with van der Waals surface area (Å²) in [5, 5.41) is 5.68. The predicted octanol–water partition coefficient (Wildman–Crippen LogP) is 5.93. The average molecular weight is 540 g/mol. The molecule has 194 valence electrons. The van der Waals surface area contributed by atoms with Crippen molar-refractivity contribution in [3.8, 4) is 0 Å². The van der Waals surface area contributed by atoms with Crippen LogP contribution in [0, 0.1) is 0 Å². The second-order valence-electron chi connectivity index (χ2n) is 10.1. The number of carbonyl (C=O) groups excluding carboxylic acids is 2. The zero-order valence-corrected chi connectivity index (χ0v) is 22.6. The molecule has 1 saturated heterocycles. The summed E-state index contributed by atoms with van der Waals surface area (Å²) in [6, 6.07) is 18.4. The number of hydrogen-bond donors (Lipinski definition) is 2. The molecule has 0 aliphatic carbocycles. The minimum Gasteiger partial charge on any atom is -0.322 e. The van der Waals surface area contributed by atoms with Gasteiger partial charge in [0.05, 0.1) is 5.02 Å². The number of hydrogen-bond acceptors (Lipinski definition) is 4. The lowest BCUT2D eigenvalue weighted by Crippen LogP contribution is -2.28. The van der Waals surface area contributed by atoms with Crippen molar-refractivity contribution in [3.05, 3.63) is 88.4 Å². The van der Waals surface area contributed by atoms with Gasteiger partial charge >= 0.3 is 0 Å². The Labute approximate surface area is 222 Å². The number of anilines is 2. The van der Waals surface area contributed by atoms with E-state index in [1.54, 1.807) is 36.4 Å². The molecule has 0 radical (unpaired) electrons. The topological polar surface area (TPSA) is 95.6 Å². The molecule has 1 fully saturated rings. The Morgan fingerprint density at radius 3 is 1.92 bits per heavy atom. The summed E-state index contributed by atoms with van der Waals surface area (Å²) >= 11 is 6.20. The molecule has 1 aliphatic rings. The fraction of sp³-hybridized carbons (Fsp3) is 0.286. The van der Waals surface area contributed by atoms with Crippen molar-refractivity contribution in [2.45, 2.75) is 43.9 Å². The Hall–Kier alpha value is -3.20. The lowest BCUT2D eigenvalue weighted by atomic mass is 9.87. The Balaban J connectivity index is 1.47. The van der Waals surface area contributed by atoms with Gasteiger partial charge in [0.15, 0.2) is 0 Å². The van der Waals surface area contributed by atoms with Crippen LogP contribution in [0.4, 0.5) is 11.4 Å². The summed E-state index contributed by atoms with van der Waals surface area (Å²) in [7, 11) is -3.78. The predicted molar refractivity (Wildman–Crippen MR) is 147 cm³/mol. The van der Waals surface area contributed by atoms with Crippen LogP contribution in [0.2, 0.25) is 5.02 Å². The number of sulfonamides is 1. The third-order valence-corrected chi connectivity index (χ3v) is 8.65. The van der Waals surface area contributed by atoms with Gasteiger partial charge in [0.2, 0.25) is 10.0 Å². The largest absolute Gasteiger partial charge is 0.322 e. The fourth-order valence-corrected chi connectivity index (χ4v) is 6.13. The van der Waals surface area contributed by atoms with Crippen molar-refractivity contribution in [2.75, 3.05) is 23.7 Å². The number of halogens is 1. The van der Waals surface area contributed by atoms with Crippen LogP contribution in [-0.4, -0.2) is 37.6 Å². The second-order valence-corrected chi connectivity index (χ2v) is 12.4. The minimum absolute atomic E-state index is 0.00917. The van der Waals surface area contributed by atoms with Crippen LogP contribution in [0.5, 0.6) is 0 Å². The zero-order chi connectivity index (χ0) is 26.8. The van der Waals surface area contributed by atoms with Crippen LogP contribution in [0.25, 0.3) is 0 Å². The van der Waals surface area contributed by atoms with Crippen LogP contribution < -0.4 is 10.6 Å². The molecule has 2 N–H and O–H groups in total. The van der Waals surface area contributed by atoms with E-state index >= 15 is 0 Å². The molecule has 1 heterocycles. The summed E-state index contributed by atoms with van der Waals surface area (Å²) in [4.78, 5) is 25.6. The summed E-state index contributed by atoms with van der Waals surface area (Å²) in [5.74, 6) is -0.755. The van der Waals surface area contributed by atoms with Gasteiger partial charge in [-0.25, -0.2) is 8.42 Å². The molecule has 7 nitrogen and oxygen atoms in total. The molecule has 37 heavy (non-hydrogen) atoms. The SMILES string of the molecule is CC(C)(C)c1ccc(C(=O)Nc2cccc(NC(=O)c3ccc(Cl)c(S(=O)(=O)N4CCCC4)c3)c2)cc1. The summed E-state index contributed by atoms with van der Waals surface area (Å²) < 4.78 is 27.4. The first-order valence-corrected chi connectivity index (χ1v) is 13.9. The van der Waals surface area contributed by atoms with Gasteiger partial charge in [0.25, 0.3) is 11.8 Å². The Morgan fingerprint density at radius 2 is 1.35 bits per heavy atom. The van der Waals surface area contributed by atoms with Crippen LogP contribution in [0.3, 0.4) is 0 Å². The van der Waals surface area contributed by atoms with Gasteiger partial charge in [-0.3, -0.25) is 9.59 Å². The molecule has 0 atom stereocenters. The molecule has 3 aromatic rings. The van der Waals surface area contributed by atoms with Gasteiger partial charge < -0.3 is 10.6 Å². The van der Waals surface area contributed by atoms with Crippen LogP contribution in [-0.2, 0) is 15.4 Å². The van der Waals surface area contributed by atoms with E-state index in [0.717, 1.165) is 18.4 Å². The maximum Gasteiger partial charge on any atom is 0.255 e. The Morgan fingerprint density at radius 1 is 0.811 bits per heavy atom. The lowest BCUT2D eigenvalue weighted by molar-refractivity contribution is 0.101. The smallest absolute Gasteiger partial charge is 0.255 e. The van der Waals surface area contributed by atoms with E-state index in [1.165, 1.54) is 22.5 Å². The maximum absolute atomic E-state index is 13.0. The first kappa shape index (κ1) is 26.9. The minimum atomic E-state index is -3.78. The second kappa shape index (κ2) is 10.7. The van der Waals surface area contributed by atoms with Crippen LogP contribution in [0.15, 0.2) is 71.6 Å². The van der Waals surface area contributed by atoms with E-state index < -0.39 is 15.9 Å². The normalized spacial score (nSPS) is 14.4. The van der Waals surface area contributed by atoms with E-state index in [4.69, 9.17) is 11.6 Å². The standard InChI is InChI=1S/C28H30ClN3O4S/c1-28(2,3)21-12-9-19(10-13-21)26(33)30-22-7-6-8-23(18-22)31-27(34)20-11-14-24(29)25(17-20)37(35,36)32-15-4-5-16-32/h6-14,17-18H,4-5,15-16H2,1-3H3,(H,30,33)(H,31,34). The third-order valence-electron chi connectivity index (χ3n) is 6.27. The molecule has 1 aliphatic heterocycles. The molecule has 0 saturated carbocycles. The zero-order valence-electron chi connectivity index (χ0n) is 21.0. The molecule has 0 aromatic heterocycles. The van der Waals surface area contributed by atoms with Gasteiger partial charge in [-0.05, 0) is 72.4 Å². The van der Waals surface area contributed by atoms with Crippen molar-refractivity contribution in [2.24, 2.45) is 0 Å². The highest BCUT2D eigenvalue weighted by Crippen LogP contribution is 2.29. The van der Waals surface area contributed by atoms with E-state index in [-0.39, 0.29) is 26.8 Å². The van der Waals surface area contributed by atoms with Crippen LogP contribution >= 0.6 is 11.6 Å². The molecule has 0 spiro atoms. The van der Waals surface area contributed by atoms with Crippen molar-refractivity contribution < 1.29 is 18.0 Å². The monoisotopic (exact) mass is 539 g/mol. The number of benzene rings is 3. The Kier molecular flexibility index (Phi) is 7.73. The van der Waals surface area contributed by atoms with Gasteiger partial charge in [0, 0.05) is 35.6 Å². The molecule has 9 heteroatoms. The first-order chi connectivity index (χ1) is 17.4. The highest BCUT2D eigenvalue weighted by atomic mass is 35.5. The Bertz CT molecular complexity index is 1420. The van der Waals surface area contributed by atoms with E-state index in [1.807, 2.05) is 12.1 Å². The van der Waals surface area contributed by atoms with Crippen LogP contribution in [0.1, 0.15) is 59.9 Å². The third kappa shape index (κ3) is 6.21. The molecule has 0 unspecified atom stereocenters. The number of nitrogens with one attached hydrogen (secondary N) is 2. The lowest BCUT2D eigenvalue weighted by Gasteiger charge is -2.19. The van der Waals surface area contributed by atoms with Gasteiger partial charge in [0.1, 0.15) is 4.90 Å². The van der Waals surface area contributed by atoms with Crippen molar-refractivity contribution in [1.82, 2.24) is 4.31 Å². The van der Waals surface area contributed by atoms with E-state index in [2.05, 4.69) is 31.4 Å². The highest BCUT2D eigenvalue weighted by molar-refractivity contribution is 7.89. The van der Waals surface area contributed by atoms with Gasteiger partial charge in [-0.15, -0.1) is 0 Å². The summed E-state index contributed by atoms with van der Waals surface area (Å²) in [6.07, 6.45) is 1.60. The summed E-state index contributed by atoms with van der Waals surface area (Å²) in [5.41, 5.74) is 2.77. The van der Waals surface area contributed by atoms with E-state index in [0.29, 0.717) is 30.0 Å². The molecule has 4 rings (SSSR count). The van der Waals surface area contributed by atoms with E-state index in [9.17, 15) is 18.0 Å². The van der Waals surface area contributed by atoms with Crippen molar-refractivity contribution in [1.29, 1.82) is 0 Å². The molecular weight excluding hydrogens is 510 g/mol. The van der Waals surface area contributed by atoms with Gasteiger partial charge in [-0.2, -0.15) is 4.31 Å². The number of rotatable bonds is 6. The molecular formula is C28H30ClN3O4S. The number of carbonyl (C=O) groups is 2. The van der Waals surface area contributed by atoms with Gasteiger partial charge in [-0.1, -0.05) is 50.6 Å². The number of amides is 2. The fourth-order valence-electron chi connectivity index (χ4n) is 4.11. The summed E-state index contributed by atoms with van der Waals surface area (Å²) in [6.45, 7) is 7.21. The quantitative estimate of drug-likeness (QED) is 0.406. The van der Waals surface area contributed by atoms with Crippen molar-refractivity contribution >= 4 is 44.8 Å². The maximum atomic E-state index is 13.0. The average Bonchev–Trinajstić information content (AvgIpc) is 3.40. The highest BCUT2D eigenvalue weighted by Gasteiger charge is 2.29. The number of nitrogens with zero attached hydrogens (tertiary/aromatic N) is 1.